The van der Waals surface area contributed by atoms with Crippen LogP contribution in [0.4, 0.5) is 4.79 Å². The molecule has 1 aromatic heterocycles. The van der Waals surface area contributed by atoms with Crippen molar-refractivity contribution in [3.63, 3.8) is 0 Å². The Morgan fingerprint density at radius 1 is 1.19 bits per heavy atom. The number of fused-ring (bicyclic) bond motifs is 1. The van der Waals surface area contributed by atoms with Gasteiger partial charge in [0.15, 0.2) is 5.82 Å². The number of aromatic amines is 1. The molecule has 3 amide bonds. The lowest BCUT2D eigenvalue weighted by Gasteiger charge is -2.30. The second-order valence-electron chi connectivity index (χ2n) is 6.10. The molecule has 2 heterocycles. The van der Waals surface area contributed by atoms with E-state index in [1.54, 1.807) is 0 Å². The SMILES string of the molecule is O=C(NO)c1ccc2c(=O)[nH]c(C(=O)NC3CCN(C(=O)O)CC3)nc2c1. The number of nitrogens with one attached hydrogen (secondary N) is 3. The summed E-state index contributed by atoms with van der Waals surface area (Å²) in [5, 5.41) is 20.6. The highest BCUT2D eigenvalue weighted by Crippen LogP contribution is 2.13. The smallest absolute Gasteiger partial charge is 0.407 e. The van der Waals surface area contributed by atoms with E-state index in [4.69, 9.17) is 10.3 Å². The fourth-order valence-electron chi connectivity index (χ4n) is 2.92. The Labute approximate surface area is 152 Å². The molecule has 0 saturated carbocycles. The molecule has 0 unspecified atom stereocenters. The predicted octanol–water partition coefficient (Wildman–Crippen LogP) is -0.0857. The summed E-state index contributed by atoms with van der Waals surface area (Å²) in [5.41, 5.74) is 1.16. The number of carbonyl (C=O) groups is 3. The number of carbonyl (C=O) groups excluding carboxylic acids is 2. The lowest BCUT2D eigenvalue weighted by Crippen LogP contribution is -2.46. The maximum Gasteiger partial charge on any atom is 0.407 e. The summed E-state index contributed by atoms with van der Waals surface area (Å²) in [6.45, 7) is 0.614. The predicted molar refractivity (Wildman–Crippen MR) is 91.7 cm³/mol. The number of aromatic nitrogens is 2. The third-order valence-corrected chi connectivity index (χ3v) is 4.39. The maximum atomic E-state index is 12.4. The molecule has 11 nitrogen and oxygen atoms in total. The summed E-state index contributed by atoms with van der Waals surface area (Å²) < 4.78 is 0. The summed E-state index contributed by atoms with van der Waals surface area (Å²) in [6, 6.07) is 3.77. The fraction of sp³-hybridized carbons (Fsp3) is 0.312. The van der Waals surface area contributed by atoms with Gasteiger partial charge in [-0.3, -0.25) is 19.6 Å². The number of nitrogens with zero attached hydrogens (tertiary/aromatic N) is 2. The number of amides is 3. The van der Waals surface area contributed by atoms with Gasteiger partial charge in [0.25, 0.3) is 17.4 Å². The number of hydrogen-bond acceptors (Lipinski definition) is 6. The van der Waals surface area contributed by atoms with Crippen molar-refractivity contribution in [2.24, 2.45) is 0 Å². The first-order chi connectivity index (χ1) is 12.9. The van der Waals surface area contributed by atoms with Crippen LogP contribution < -0.4 is 16.4 Å². The van der Waals surface area contributed by atoms with Gasteiger partial charge >= 0.3 is 6.09 Å². The molecule has 27 heavy (non-hydrogen) atoms. The van der Waals surface area contributed by atoms with Crippen LogP contribution in [0.25, 0.3) is 10.9 Å². The van der Waals surface area contributed by atoms with E-state index in [1.807, 2.05) is 0 Å². The first-order valence-corrected chi connectivity index (χ1v) is 8.16. The Hall–Kier alpha value is -3.47. The summed E-state index contributed by atoms with van der Waals surface area (Å²) in [5.74, 6) is -1.58. The minimum Gasteiger partial charge on any atom is -0.465 e. The lowest BCUT2D eigenvalue weighted by atomic mass is 10.1. The Kier molecular flexibility index (Phi) is 5.03. The topological polar surface area (TPSA) is 165 Å². The Morgan fingerprint density at radius 2 is 1.89 bits per heavy atom. The molecule has 0 bridgehead atoms. The zero-order valence-corrected chi connectivity index (χ0v) is 14.1. The molecule has 1 aliphatic heterocycles. The fourth-order valence-corrected chi connectivity index (χ4v) is 2.92. The number of piperidine rings is 1. The van der Waals surface area contributed by atoms with Crippen molar-refractivity contribution >= 4 is 28.8 Å². The van der Waals surface area contributed by atoms with Crippen molar-refractivity contribution in [1.82, 2.24) is 25.7 Å². The molecule has 1 fully saturated rings. The van der Waals surface area contributed by atoms with Crippen molar-refractivity contribution in [3.8, 4) is 0 Å². The Morgan fingerprint density at radius 3 is 2.52 bits per heavy atom. The van der Waals surface area contributed by atoms with Crippen molar-refractivity contribution in [3.05, 3.63) is 39.9 Å². The van der Waals surface area contributed by atoms with Crippen LogP contribution in [0, 0.1) is 0 Å². The summed E-state index contributed by atoms with van der Waals surface area (Å²) in [6.07, 6.45) is -0.0871. The number of rotatable bonds is 3. The molecule has 11 heteroatoms. The normalized spacial score (nSPS) is 14.8. The van der Waals surface area contributed by atoms with Gasteiger partial charge in [0, 0.05) is 24.7 Å². The van der Waals surface area contributed by atoms with Gasteiger partial charge in [-0.1, -0.05) is 0 Å². The van der Waals surface area contributed by atoms with E-state index in [0.29, 0.717) is 25.9 Å². The van der Waals surface area contributed by atoms with Crippen molar-refractivity contribution in [1.29, 1.82) is 0 Å². The average molecular weight is 375 g/mol. The molecule has 2 aromatic rings. The van der Waals surface area contributed by atoms with E-state index >= 15 is 0 Å². The van der Waals surface area contributed by atoms with Crippen LogP contribution in [-0.2, 0) is 0 Å². The summed E-state index contributed by atoms with van der Waals surface area (Å²) in [7, 11) is 0. The number of hydrogen-bond donors (Lipinski definition) is 5. The van der Waals surface area contributed by atoms with Gasteiger partial charge in [-0.05, 0) is 31.0 Å². The Bertz CT molecular complexity index is 963. The minimum atomic E-state index is -0.997. The second kappa shape index (κ2) is 7.41. The van der Waals surface area contributed by atoms with Crippen molar-refractivity contribution in [2.45, 2.75) is 18.9 Å². The van der Waals surface area contributed by atoms with E-state index in [9.17, 15) is 19.2 Å². The standard InChI is InChI=1S/C16H17N5O6/c22-13(20-27)8-1-2-10-11(7-8)18-12(19-14(10)23)15(24)17-9-3-5-21(6-4-9)16(25)26/h1-2,7,9,27H,3-6H2,(H,17,24)(H,20,22)(H,25,26)(H,18,19,23). The number of carboxylic acid groups (broad SMARTS) is 1. The second-order valence-corrected chi connectivity index (χ2v) is 6.10. The number of likely N-dealkylation sites (tertiary alicyclic amines) is 1. The molecule has 3 rings (SSSR count). The highest BCUT2D eigenvalue weighted by Gasteiger charge is 2.24. The average Bonchev–Trinajstić information content (AvgIpc) is 2.67. The van der Waals surface area contributed by atoms with E-state index in [0.717, 1.165) is 0 Å². The third-order valence-electron chi connectivity index (χ3n) is 4.39. The molecule has 0 radical (unpaired) electrons. The minimum absolute atomic E-state index is 0.0792. The molecule has 1 aliphatic rings. The van der Waals surface area contributed by atoms with E-state index in [2.05, 4.69) is 15.3 Å². The van der Waals surface area contributed by atoms with Crippen LogP contribution in [0.5, 0.6) is 0 Å². The lowest BCUT2D eigenvalue weighted by molar-refractivity contribution is 0.0706. The molecule has 1 saturated heterocycles. The number of hydroxylamine groups is 1. The third kappa shape index (κ3) is 3.87. The summed E-state index contributed by atoms with van der Waals surface area (Å²) in [4.78, 5) is 54.7. The molecule has 0 aliphatic carbocycles. The van der Waals surface area contributed by atoms with Gasteiger partial charge in [-0.15, -0.1) is 0 Å². The van der Waals surface area contributed by atoms with Gasteiger partial charge in [-0.25, -0.2) is 15.3 Å². The quantitative estimate of drug-likeness (QED) is 0.369. The molecule has 5 N–H and O–H groups in total. The molecule has 1 aromatic carbocycles. The number of benzene rings is 1. The van der Waals surface area contributed by atoms with Gasteiger partial charge < -0.3 is 20.3 Å². The van der Waals surface area contributed by atoms with Crippen LogP contribution >= 0.6 is 0 Å². The van der Waals surface area contributed by atoms with E-state index in [-0.39, 0.29) is 28.3 Å². The Balaban J connectivity index is 1.79. The monoisotopic (exact) mass is 375 g/mol. The molecular weight excluding hydrogens is 358 g/mol. The van der Waals surface area contributed by atoms with Crippen LogP contribution in [0.1, 0.15) is 33.8 Å². The molecule has 142 valence electrons. The van der Waals surface area contributed by atoms with Gasteiger partial charge in [0.2, 0.25) is 0 Å². The van der Waals surface area contributed by atoms with Gasteiger partial charge in [0.05, 0.1) is 10.9 Å². The molecule has 0 spiro atoms. The zero-order valence-electron chi connectivity index (χ0n) is 14.1. The van der Waals surface area contributed by atoms with E-state index < -0.39 is 23.5 Å². The molecular formula is C16H17N5O6. The summed E-state index contributed by atoms with van der Waals surface area (Å²) >= 11 is 0. The maximum absolute atomic E-state index is 12.4. The zero-order chi connectivity index (χ0) is 19.6. The first-order valence-electron chi connectivity index (χ1n) is 8.16. The van der Waals surface area contributed by atoms with E-state index in [1.165, 1.54) is 28.6 Å². The van der Waals surface area contributed by atoms with Crippen LogP contribution in [0.15, 0.2) is 23.0 Å². The highest BCUT2D eigenvalue weighted by atomic mass is 16.5. The van der Waals surface area contributed by atoms with Crippen molar-refractivity contribution in [2.75, 3.05) is 13.1 Å². The number of H-pyrrole nitrogens is 1. The van der Waals surface area contributed by atoms with Gasteiger partial charge in [-0.2, -0.15) is 0 Å². The highest BCUT2D eigenvalue weighted by molar-refractivity contribution is 5.98. The van der Waals surface area contributed by atoms with Gasteiger partial charge in [0.1, 0.15) is 0 Å². The van der Waals surface area contributed by atoms with Crippen LogP contribution in [0.2, 0.25) is 0 Å². The first kappa shape index (κ1) is 18.3. The largest absolute Gasteiger partial charge is 0.465 e. The molecule has 0 atom stereocenters. The van der Waals surface area contributed by atoms with Crippen molar-refractivity contribution < 1.29 is 24.7 Å². The van der Waals surface area contributed by atoms with Crippen LogP contribution in [-0.4, -0.2) is 62.2 Å². The van der Waals surface area contributed by atoms with Crippen LogP contribution in [0.3, 0.4) is 0 Å².